The normalized spacial score (nSPS) is 15.2. The second-order valence-corrected chi connectivity index (χ2v) is 10.9. The maximum Gasteiger partial charge on any atom is 0.286 e. The molecule has 4 rings (SSSR count). The van der Waals surface area contributed by atoms with Crippen LogP contribution in [0.1, 0.15) is 25.8 Å². The van der Waals surface area contributed by atoms with Gasteiger partial charge in [0, 0.05) is 31.1 Å². The van der Waals surface area contributed by atoms with E-state index in [0.717, 1.165) is 6.54 Å². The van der Waals surface area contributed by atoms with E-state index in [0.29, 0.717) is 24.2 Å². The number of amidine groups is 1. The molecule has 190 valence electrons. The summed E-state index contributed by atoms with van der Waals surface area (Å²) in [4.78, 5) is 27.4. The molecule has 36 heavy (non-hydrogen) atoms. The lowest BCUT2D eigenvalue weighted by Gasteiger charge is -2.22. The minimum Gasteiger partial charge on any atom is -0.506 e. The molecule has 1 atom stereocenters. The molecule has 0 saturated heterocycles. The minimum absolute atomic E-state index is 0.0141. The number of pyridine rings is 1. The van der Waals surface area contributed by atoms with E-state index < -0.39 is 21.3 Å². The Morgan fingerprint density at radius 2 is 1.94 bits per heavy atom. The molecule has 1 amide bonds. The molecule has 11 heteroatoms. The number of anilines is 2. The molecule has 3 aromatic rings. The molecule has 1 aromatic heterocycles. The number of para-hydroxylation sites is 1. The van der Waals surface area contributed by atoms with Crippen LogP contribution in [0.25, 0.3) is 10.9 Å². The largest absolute Gasteiger partial charge is 0.506 e. The van der Waals surface area contributed by atoms with E-state index in [1.54, 1.807) is 36.4 Å². The molecular formula is C25H29N5O5S. The molecule has 0 fully saturated rings. The second kappa shape index (κ2) is 9.75. The van der Waals surface area contributed by atoms with E-state index in [2.05, 4.69) is 26.9 Å². The van der Waals surface area contributed by atoms with Gasteiger partial charge >= 0.3 is 0 Å². The van der Waals surface area contributed by atoms with Crippen LogP contribution in [0.15, 0.2) is 56.6 Å². The van der Waals surface area contributed by atoms with E-state index in [4.69, 9.17) is 0 Å². The molecule has 10 nitrogen and oxygen atoms in total. The van der Waals surface area contributed by atoms with E-state index in [1.807, 2.05) is 14.1 Å². The zero-order valence-electron chi connectivity index (χ0n) is 20.6. The topological polar surface area (TPSA) is 133 Å². The van der Waals surface area contributed by atoms with Gasteiger partial charge in [-0.25, -0.2) is 0 Å². The fourth-order valence-corrected chi connectivity index (χ4v) is 5.57. The average Bonchev–Trinajstić information content (AvgIpc) is 2.78. The van der Waals surface area contributed by atoms with E-state index >= 15 is 0 Å². The molecule has 0 spiro atoms. The lowest BCUT2D eigenvalue weighted by molar-refractivity contribution is -0.114. The summed E-state index contributed by atoms with van der Waals surface area (Å²) >= 11 is 0. The highest BCUT2D eigenvalue weighted by Gasteiger charge is 2.29. The molecule has 1 aliphatic heterocycles. The summed E-state index contributed by atoms with van der Waals surface area (Å²) in [5.74, 6) is -0.685. The number of sulfonamides is 1. The highest BCUT2D eigenvalue weighted by molar-refractivity contribution is 7.90. The van der Waals surface area contributed by atoms with Gasteiger partial charge < -0.3 is 25.2 Å². The lowest BCUT2D eigenvalue weighted by Crippen LogP contribution is -2.33. The van der Waals surface area contributed by atoms with Gasteiger partial charge in [-0.1, -0.05) is 19.1 Å². The van der Waals surface area contributed by atoms with Gasteiger partial charge in [-0.15, -0.1) is 4.40 Å². The molecule has 1 aliphatic rings. The maximum absolute atomic E-state index is 13.7. The molecule has 0 radical (unpaired) electrons. The Morgan fingerprint density at radius 1 is 1.22 bits per heavy atom. The first-order valence-electron chi connectivity index (χ1n) is 11.5. The number of carbonyl (C=O) groups is 1. The fraction of sp³-hybridized carbons (Fsp3) is 0.320. The second-order valence-electron chi connectivity index (χ2n) is 9.29. The summed E-state index contributed by atoms with van der Waals surface area (Å²) in [6.45, 7) is 4.62. The van der Waals surface area contributed by atoms with Gasteiger partial charge in [-0.3, -0.25) is 9.59 Å². The van der Waals surface area contributed by atoms with Crippen molar-refractivity contribution in [2.45, 2.75) is 31.7 Å². The fourth-order valence-electron chi connectivity index (χ4n) is 4.44. The van der Waals surface area contributed by atoms with Crippen molar-refractivity contribution in [2.75, 3.05) is 31.3 Å². The van der Waals surface area contributed by atoms with Crippen molar-refractivity contribution in [1.82, 2.24) is 9.47 Å². The monoisotopic (exact) mass is 511 g/mol. The molecule has 2 aromatic carbocycles. The first-order valence-corrected chi connectivity index (χ1v) is 12.9. The Labute approximate surface area is 209 Å². The van der Waals surface area contributed by atoms with Gasteiger partial charge in [-0.05, 0) is 56.8 Å². The van der Waals surface area contributed by atoms with Gasteiger partial charge in [0.1, 0.15) is 16.2 Å². The van der Waals surface area contributed by atoms with Crippen molar-refractivity contribution in [3.05, 3.63) is 58.4 Å². The summed E-state index contributed by atoms with van der Waals surface area (Å²) in [6.07, 6.45) is 0.673. The van der Waals surface area contributed by atoms with Crippen LogP contribution in [-0.2, 0) is 21.4 Å². The SMILES string of the molecule is CC(=O)Nc1ccc2c(c1)c(O)c(C1=NS(=O)(=O)c3ccccc3N1)c(=O)n2CCC(C)CN(C)C. The van der Waals surface area contributed by atoms with Gasteiger partial charge in [0.15, 0.2) is 5.84 Å². The number of aryl methyl sites for hydroxylation is 1. The van der Waals surface area contributed by atoms with Crippen molar-refractivity contribution in [2.24, 2.45) is 10.3 Å². The van der Waals surface area contributed by atoms with E-state index in [-0.39, 0.29) is 39.2 Å². The van der Waals surface area contributed by atoms with Gasteiger partial charge in [-0.2, -0.15) is 8.42 Å². The summed E-state index contributed by atoms with van der Waals surface area (Å²) in [5.41, 5.74) is 0.344. The van der Waals surface area contributed by atoms with Crippen molar-refractivity contribution >= 4 is 44.0 Å². The molecular weight excluding hydrogens is 482 g/mol. The number of fused-ring (bicyclic) bond motifs is 2. The Morgan fingerprint density at radius 3 is 2.64 bits per heavy atom. The number of amides is 1. The van der Waals surface area contributed by atoms with E-state index in [1.165, 1.54) is 17.6 Å². The summed E-state index contributed by atoms with van der Waals surface area (Å²) in [6, 6.07) is 11.1. The van der Waals surface area contributed by atoms with Crippen LogP contribution in [0.4, 0.5) is 11.4 Å². The van der Waals surface area contributed by atoms with Crippen LogP contribution >= 0.6 is 0 Å². The number of hydrogen-bond donors (Lipinski definition) is 3. The third kappa shape index (κ3) is 4.98. The predicted octanol–water partition coefficient (Wildman–Crippen LogP) is 2.81. The molecule has 0 aliphatic carbocycles. The van der Waals surface area contributed by atoms with Crippen molar-refractivity contribution in [3.8, 4) is 5.75 Å². The van der Waals surface area contributed by atoms with Crippen LogP contribution in [0.3, 0.4) is 0 Å². The molecule has 1 unspecified atom stereocenters. The number of rotatable bonds is 7. The van der Waals surface area contributed by atoms with Crippen molar-refractivity contribution < 1.29 is 18.3 Å². The number of nitrogens with one attached hydrogen (secondary N) is 2. The van der Waals surface area contributed by atoms with Crippen LogP contribution < -0.4 is 16.2 Å². The summed E-state index contributed by atoms with van der Waals surface area (Å²) < 4.78 is 31.0. The number of benzene rings is 2. The summed E-state index contributed by atoms with van der Waals surface area (Å²) in [5, 5.41) is 17.1. The first kappa shape index (κ1) is 25.4. The maximum atomic E-state index is 13.7. The highest BCUT2D eigenvalue weighted by atomic mass is 32.2. The number of hydrogen-bond acceptors (Lipinski definition) is 7. The number of nitrogens with zero attached hydrogens (tertiary/aromatic N) is 3. The Hall–Kier alpha value is -3.70. The van der Waals surface area contributed by atoms with Gasteiger partial charge in [0.2, 0.25) is 5.91 Å². The average molecular weight is 512 g/mol. The van der Waals surface area contributed by atoms with Crippen LogP contribution in [0.5, 0.6) is 5.75 Å². The molecule has 2 heterocycles. The van der Waals surface area contributed by atoms with Gasteiger partial charge in [0.25, 0.3) is 15.6 Å². The lowest BCUT2D eigenvalue weighted by atomic mass is 10.1. The van der Waals surface area contributed by atoms with Crippen molar-refractivity contribution in [1.29, 1.82) is 0 Å². The quantitative estimate of drug-likeness (QED) is 0.444. The van der Waals surface area contributed by atoms with E-state index in [9.17, 15) is 23.1 Å². The highest BCUT2D eigenvalue weighted by Crippen LogP contribution is 2.33. The number of aromatic hydroxyl groups is 1. The zero-order valence-corrected chi connectivity index (χ0v) is 21.4. The molecule has 0 saturated carbocycles. The standard InChI is InChI=1S/C25H29N5O5S/c1-15(14-29(3)4)11-12-30-20-10-9-17(26-16(2)31)13-18(20)23(32)22(25(30)33)24-27-19-7-5-6-8-21(19)36(34,35)28-24/h5-10,13,15,32H,11-12,14H2,1-4H3,(H,26,31)(H,27,28). The minimum atomic E-state index is -4.10. The number of aromatic nitrogens is 1. The first-order chi connectivity index (χ1) is 17.0. The Kier molecular flexibility index (Phi) is 6.87. The molecule has 3 N–H and O–H groups in total. The Balaban J connectivity index is 1.91. The zero-order chi connectivity index (χ0) is 26.2. The predicted molar refractivity (Wildman–Crippen MR) is 140 cm³/mol. The third-order valence-electron chi connectivity index (χ3n) is 5.95. The Bertz CT molecular complexity index is 1540. The van der Waals surface area contributed by atoms with Crippen LogP contribution in [-0.4, -0.2) is 55.4 Å². The van der Waals surface area contributed by atoms with Crippen LogP contribution in [0, 0.1) is 5.92 Å². The number of carbonyl (C=O) groups excluding carboxylic acids is 1. The smallest absolute Gasteiger partial charge is 0.286 e. The van der Waals surface area contributed by atoms with Gasteiger partial charge in [0.05, 0.1) is 11.2 Å². The van der Waals surface area contributed by atoms with Crippen LogP contribution in [0.2, 0.25) is 0 Å². The summed E-state index contributed by atoms with van der Waals surface area (Å²) in [7, 11) is -0.143. The molecule has 0 bridgehead atoms. The third-order valence-corrected chi connectivity index (χ3v) is 7.28. The van der Waals surface area contributed by atoms with Crippen molar-refractivity contribution in [3.63, 3.8) is 0 Å².